The molecule has 1 aliphatic carbocycles. The van der Waals surface area contributed by atoms with E-state index >= 15 is 0 Å². The van der Waals surface area contributed by atoms with Gasteiger partial charge in [0.15, 0.2) is 0 Å². The number of hydrogen-bond donors (Lipinski definition) is 4. The fourth-order valence-electron chi connectivity index (χ4n) is 9.41. The van der Waals surface area contributed by atoms with Crippen LogP contribution in [0.4, 0.5) is 21.9 Å². The number of rotatable bonds is 7. The molecule has 1 saturated carbocycles. The molecule has 6 heterocycles. The lowest BCUT2D eigenvalue weighted by molar-refractivity contribution is 0.247. The van der Waals surface area contributed by atoms with Crippen LogP contribution in [0.5, 0.6) is 17.2 Å². The number of amides is 2. The molecule has 0 bridgehead atoms. The normalized spacial score (nSPS) is 11.4. The first-order valence-corrected chi connectivity index (χ1v) is 36.0. The highest BCUT2D eigenvalue weighted by molar-refractivity contribution is 5.92. The van der Waals surface area contributed by atoms with Crippen molar-refractivity contribution in [2.45, 2.75) is 70.8 Å². The largest absolute Gasteiger partial charge is 0.493 e. The zero-order valence-electron chi connectivity index (χ0n) is 65.2. The zero-order chi connectivity index (χ0) is 85.0. The molecule has 12 nitrogen and oxygen atoms in total. The first-order valence-electron chi connectivity index (χ1n) is 36.0. The summed E-state index contributed by atoms with van der Waals surface area (Å²) in [4.78, 5) is 29.9. The Kier molecular flexibility index (Phi) is 43.8. The molecule has 3 aromatic carbocycles. The van der Waals surface area contributed by atoms with E-state index in [-0.39, 0.29) is 13.5 Å². The number of nitrogens with two attached hydrogens (primary N) is 1. The third-order valence-electron chi connectivity index (χ3n) is 14.7. The van der Waals surface area contributed by atoms with E-state index in [0.29, 0.717) is 12.0 Å². The molecule has 0 saturated heterocycles. The van der Waals surface area contributed by atoms with Crippen molar-refractivity contribution in [1.29, 1.82) is 0 Å². The number of H-pyrrole nitrogens is 1. The summed E-state index contributed by atoms with van der Waals surface area (Å²) >= 11 is 0. The van der Waals surface area contributed by atoms with E-state index in [4.69, 9.17) is 19.9 Å². The Hall–Kier alpha value is -20.0. The Morgan fingerprint density at radius 1 is 0.459 bits per heavy atom. The molecule has 0 radical (unpaired) electrons. The van der Waals surface area contributed by atoms with Gasteiger partial charge in [-0.25, -0.2) is 9.78 Å². The number of fused-ring (bicyclic) bond motifs is 3. The topological polar surface area (TPSA) is 151 Å². The number of hydrogen-bond acceptors (Lipinski definition) is 9. The number of nitrogens with zero attached hydrogens (tertiary/aromatic N) is 4. The zero-order valence-corrected chi connectivity index (χ0v) is 65.2. The minimum absolute atomic E-state index is 0. The summed E-state index contributed by atoms with van der Waals surface area (Å²) in [5.74, 6) is 3.17. The summed E-state index contributed by atoms with van der Waals surface area (Å²) in [6.45, 7) is 8.82. The molecule has 1 atom stereocenters. The van der Waals surface area contributed by atoms with Crippen LogP contribution in [0.2, 0.25) is 0 Å². The van der Waals surface area contributed by atoms with Gasteiger partial charge in [0.1, 0.15) is 17.2 Å². The average Bonchev–Trinajstić information content (AvgIpc) is 1.24. The summed E-state index contributed by atoms with van der Waals surface area (Å²) in [6, 6.07) is 18.3. The van der Waals surface area contributed by atoms with Gasteiger partial charge in [-0.1, -0.05) is 31.0 Å². The van der Waals surface area contributed by atoms with Gasteiger partial charge < -0.3 is 35.6 Å². The quantitative estimate of drug-likeness (QED) is 0.106. The number of carbonyl (C=O) groups excluding carboxylic acids is 1. The number of nitrogen functional groups attached to an aromatic ring is 1. The van der Waals surface area contributed by atoms with Gasteiger partial charge in [0, 0.05) is 339 Å². The van der Waals surface area contributed by atoms with Crippen molar-refractivity contribution in [3.63, 3.8) is 0 Å². The van der Waals surface area contributed by atoms with Crippen LogP contribution in [-0.4, -0.2) is 68.4 Å². The Balaban J connectivity index is 0.000000302. The molecule has 1 aromatic heterocycles. The van der Waals surface area contributed by atoms with E-state index in [1.165, 1.54) is 22.3 Å². The van der Waals surface area contributed by atoms with Gasteiger partial charge in [0.25, 0.3) is 0 Å². The van der Waals surface area contributed by atoms with Crippen molar-refractivity contribution in [3.05, 3.63) is 482 Å². The van der Waals surface area contributed by atoms with E-state index in [9.17, 15) is 4.79 Å². The van der Waals surface area contributed by atoms with Crippen molar-refractivity contribution >= 4 is 46.7 Å². The molecule has 0 spiro atoms. The number of urea groups is 1. The molecule has 10 rings (SSSR count). The van der Waals surface area contributed by atoms with Gasteiger partial charge in [-0.3, -0.25) is 14.9 Å². The number of allylic oxidation sites excluding steroid dienone is 4. The van der Waals surface area contributed by atoms with Crippen LogP contribution in [-0.2, 0) is 6.42 Å². The predicted octanol–water partition coefficient (Wildman–Crippen LogP) is 19.6. The highest BCUT2D eigenvalue weighted by atomic mass is 16.5. The molecule has 12 heteroatoms. The average molecular weight is 1560 g/mol. The maximum absolute atomic E-state index is 12.3. The van der Waals surface area contributed by atoms with Gasteiger partial charge in [-0.15, -0.1) is 0 Å². The number of carbonyl (C=O) groups is 1. The highest BCUT2D eigenvalue weighted by Crippen LogP contribution is 2.39. The monoisotopic (exact) mass is 1560 g/mol. The smallest absolute Gasteiger partial charge is 0.321 e. The summed E-state index contributed by atoms with van der Waals surface area (Å²) in [6.07, 6.45) is 23.8. The molecule has 2 amide bonds. The van der Waals surface area contributed by atoms with E-state index in [2.05, 4.69) is 424 Å². The fourth-order valence-corrected chi connectivity index (χ4v) is 9.41. The van der Waals surface area contributed by atoms with Crippen LogP contribution in [0, 0.1) is 0 Å². The number of aromatic amines is 1. The van der Waals surface area contributed by atoms with Gasteiger partial charge in [0.2, 0.25) is 0 Å². The van der Waals surface area contributed by atoms with Crippen LogP contribution in [0.15, 0.2) is 470 Å². The molecule has 564 valence electrons. The molecule has 1 fully saturated rings. The van der Waals surface area contributed by atoms with Crippen molar-refractivity contribution < 1.29 is 19.0 Å². The first kappa shape index (κ1) is 90.9. The molecule has 1 unspecified atom stereocenters. The molecule has 122 heavy (non-hydrogen) atoms. The number of ether oxygens (including phenoxy) is 3. The Labute approximate surface area is 706 Å². The van der Waals surface area contributed by atoms with Crippen molar-refractivity contribution in [3.8, 4) is 17.2 Å². The van der Waals surface area contributed by atoms with Crippen LogP contribution in [0.1, 0.15) is 80.7 Å². The lowest BCUT2D eigenvalue weighted by atomic mass is 9.89. The highest BCUT2D eigenvalue weighted by Gasteiger charge is 2.27. The van der Waals surface area contributed by atoms with E-state index in [1.807, 2.05) is 75.2 Å². The van der Waals surface area contributed by atoms with E-state index in [1.54, 1.807) is 11.2 Å². The van der Waals surface area contributed by atoms with Crippen LogP contribution < -0.4 is 35.5 Å². The number of benzene rings is 3. The van der Waals surface area contributed by atoms with Gasteiger partial charge in [-0.05, 0) is 220 Å². The minimum atomic E-state index is -0.0423. The van der Waals surface area contributed by atoms with Crippen molar-refractivity contribution in [2.75, 3.05) is 49.9 Å². The molecular formula is C110H60N8O4. The molecular weight excluding hydrogens is 1500 g/mol. The molecule has 5 N–H and O–H groups in total. The summed E-state index contributed by atoms with van der Waals surface area (Å²) in [5.41, 5.74) is 167. The van der Waals surface area contributed by atoms with Gasteiger partial charge in [-0.2, -0.15) is 0 Å². The van der Waals surface area contributed by atoms with Crippen LogP contribution >= 0.6 is 0 Å². The van der Waals surface area contributed by atoms with E-state index in [0.717, 1.165) is 128 Å². The van der Waals surface area contributed by atoms with Gasteiger partial charge >= 0.3 is 6.03 Å². The minimum Gasteiger partial charge on any atom is -0.493 e. The van der Waals surface area contributed by atoms with Crippen molar-refractivity contribution in [1.82, 2.24) is 15.3 Å². The SMILES string of the molecule is C.C=C=C=C=C=C=C=C=C=C=C=C=C=C=C=C=C=C=C=C=C=C=C=C=C=C=C=C=C=C=C=C=C=C=C=C=C=C=C=C=C=C=C=C=C=C=C=C=C=C=C=C=C=C=C=C=C=C=C=C=C=C.CN(C(=O)NC1CC1)c1ccc2c(c1)C(Cc1cnc[nH]1)CCO2.CNc1ccc2c(c1)/C(=C/C1=CCC=N1)CCO2.Nc1ccc2c(c1)/C(=C/C1=CCC=N1)CCO2. The summed E-state index contributed by atoms with van der Waals surface area (Å²) in [5, 5.41) is 6.19. The van der Waals surface area contributed by atoms with Crippen molar-refractivity contribution in [2.24, 2.45) is 9.98 Å². The second kappa shape index (κ2) is 58.8. The van der Waals surface area contributed by atoms with Crippen LogP contribution in [0.3, 0.4) is 0 Å². The number of aliphatic imine (C=N–C) groups is 2. The Bertz CT molecular complexity index is 7400. The number of imidazole rings is 1. The maximum atomic E-state index is 12.3. The lowest BCUT2D eigenvalue weighted by Crippen LogP contribution is -2.38. The maximum Gasteiger partial charge on any atom is 0.321 e. The van der Waals surface area contributed by atoms with E-state index < -0.39 is 0 Å². The standard InChI is InChI=1S/C62H4.C18H22N4O2.C15H16N2O.C14H14N2O.CH4/c1-3-5-7-9-11-13-15-17-19-21-23-25-27-29-31-33-35-37-39-41-43-45-47-49-51-53-55-57-59-61-62-60-58-56-54-52-50-48-46-44-42-40-38-36-34-32-30-28-26-24-22-20-18-16-14-12-10-8-6-4-2;1-22(18(23)21-13-2-3-13)15-4-5-17-16(9-15)12(6-7-24-17)8-14-10-19-11-20-14;1-16-12-4-5-15-14(10-12)11(6-8-18-15)9-13-3-2-7-17-13;15-11-3-4-14-13(9-11)10(5-7-17-14)8-12-2-1-6-16-12;/h1-2H2;4-5,9-13H,2-3,6-8H2,1H3,(H,19,20)(H,21,23);3-5,7,9-10,16H,2,6,8H2,1H3;2-4,6,8-9H,1,5,7,15H2;1H4/b;;11-9+;10-8+;. The third kappa shape index (κ3) is 39.2. The number of nitrogens with one attached hydrogen (secondary N) is 3. The summed E-state index contributed by atoms with van der Waals surface area (Å²) in [7, 11) is 3.74. The second-order valence-electron chi connectivity index (χ2n) is 22.8. The van der Waals surface area contributed by atoms with Gasteiger partial charge in [0.05, 0.1) is 37.5 Å². The van der Waals surface area contributed by atoms with Crippen LogP contribution in [0.25, 0.3) is 11.1 Å². The first-order chi connectivity index (χ1) is 59.8. The Morgan fingerprint density at radius 3 is 1.13 bits per heavy atom. The number of aromatic nitrogens is 2. The number of anilines is 3. The predicted molar refractivity (Wildman–Crippen MR) is 466 cm³/mol. The second-order valence-corrected chi connectivity index (χ2v) is 22.8. The fraction of sp³-hybridized carbons (Fsp3) is 0.145. The Morgan fingerprint density at radius 2 is 0.803 bits per heavy atom. The lowest BCUT2D eigenvalue weighted by Gasteiger charge is -2.27. The molecule has 4 aromatic rings. The summed E-state index contributed by atoms with van der Waals surface area (Å²) < 4.78 is 17.1. The molecule has 5 aliphatic heterocycles. The molecule has 6 aliphatic rings. The third-order valence-corrected chi connectivity index (χ3v) is 14.7.